The Morgan fingerprint density at radius 3 is 2.62 bits per heavy atom. The smallest absolute Gasteiger partial charge is 0.257 e. The Bertz CT molecular complexity index is 873. The number of thiophene rings is 1. The van der Waals surface area contributed by atoms with Gasteiger partial charge in [-0.25, -0.2) is 8.42 Å². The van der Waals surface area contributed by atoms with E-state index >= 15 is 0 Å². The molecule has 1 saturated heterocycles. The van der Waals surface area contributed by atoms with Gasteiger partial charge in [0, 0.05) is 31.6 Å². The van der Waals surface area contributed by atoms with Crippen molar-refractivity contribution >= 4 is 27.3 Å². The Hall–Kier alpha value is -1.90. The summed E-state index contributed by atoms with van der Waals surface area (Å²) in [6, 6.07) is 8.25. The zero-order valence-corrected chi connectivity index (χ0v) is 16.5. The maximum atomic E-state index is 12.9. The van der Waals surface area contributed by atoms with Crippen LogP contribution in [-0.2, 0) is 16.6 Å². The molecule has 0 aliphatic carbocycles. The number of amides is 1. The molecule has 8 heteroatoms. The van der Waals surface area contributed by atoms with Crippen LogP contribution in [0.5, 0.6) is 5.75 Å². The SMILES string of the molecule is COc1ccc(S(=O)(=O)N(C)Cc2cccs2)cc1C(=O)N1CCCC1. The molecule has 0 unspecified atom stereocenters. The van der Waals surface area contributed by atoms with Crippen LogP contribution in [0.15, 0.2) is 40.6 Å². The second-order valence-electron chi connectivity index (χ2n) is 6.20. The van der Waals surface area contributed by atoms with E-state index in [9.17, 15) is 13.2 Å². The molecule has 3 rings (SSSR count). The van der Waals surface area contributed by atoms with Crippen LogP contribution in [0.25, 0.3) is 0 Å². The van der Waals surface area contributed by atoms with Gasteiger partial charge in [-0.2, -0.15) is 4.31 Å². The van der Waals surface area contributed by atoms with Gasteiger partial charge in [-0.1, -0.05) is 6.07 Å². The van der Waals surface area contributed by atoms with E-state index in [1.54, 1.807) is 18.0 Å². The van der Waals surface area contributed by atoms with Crippen LogP contribution in [0.3, 0.4) is 0 Å². The van der Waals surface area contributed by atoms with Gasteiger partial charge in [-0.3, -0.25) is 4.79 Å². The topological polar surface area (TPSA) is 66.9 Å². The van der Waals surface area contributed by atoms with Gasteiger partial charge < -0.3 is 9.64 Å². The quantitative estimate of drug-likeness (QED) is 0.756. The molecule has 1 fully saturated rings. The van der Waals surface area contributed by atoms with Crippen LogP contribution in [0.2, 0.25) is 0 Å². The summed E-state index contributed by atoms with van der Waals surface area (Å²) >= 11 is 1.51. The predicted molar refractivity (Wildman–Crippen MR) is 101 cm³/mol. The first-order chi connectivity index (χ1) is 12.4. The molecule has 140 valence electrons. The highest BCUT2D eigenvalue weighted by Crippen LogP contribution is 2.27. The van der Waals surface area contributed by atoms with E-state index in [-0.39, 0.29) is 10.8 Å². The predicted octanol–water partition coefficient (Wildman–Crippen LogP) is 2.81. The fourth-order valence-corrected chi connectivity index (χ4v) is 5.01. The lowest BCUT2D eigenvalue weighted by molar-refractivity contribution is 0.0789. The van der Waals surface area contributed by atoms with E-state index < -0.39 is 10.0 Å². The minimum Gasteiger partial charge on any atom is -0.496 e. The number of hydrogen-bond donors (Lipinski definition) is 0. The highest BCUT2D eigenvalue weighted by molar-refractivity contribution is 7.89. The Morgan fingerprint density at radius 1 is 1.27 bits per heavy atom. The monoisotopic (exact) mass is 394 g/mol. The first kappa shape index (κ1) is 18.9. The van der Waals surface area contributed by atoms with E-state index in [0.29, 0.717) is 30.9 Å². The summed E-state index contributed by atoms with van der Waals surface area (Å²) in [4.78, 5) is 15.6. The normalized spacial score (nSPS) is 14.8. The molecule has 0 radical (unpaired) electrons. The summed E-state index contributed by atoms with van der Waals surface area (Å²) in [6.07, 6.45) is 1.94. The van der Waals surface area contributed by atoms with Gasteiger partial charge >= 0.3 is 0 Å². The number of rotatable bonds is 6. The van der Waals surface area contributed by atoms with Crippen molar-refractivity contribution in [3.05, 3.63) is 46.2 Å². The van der Waals surface area contributed by atoms with Gasteiger partial charge in [0.15, 0.2) is 0 Å². The molecule has 1 aromatic carbocycles. The molecular formula is C18H22N2O4S2. The van der Waals surface area contributed by atoms with Crippen LogP contribution in [-0.4, -0.2) is 50.8 Å². The molecule has 1 aliphatic heterocycles. The number of carbonyl (C=O) groups excluding carboxylic acids is 1. The maximum Gasteiger partial charge on any atom is 0.257 e. The zero-order valence-electron chi connectivity index (χ0n) is 14.8. The first-order valence-corrected chi connectivity index (χ1v) is 10.7. The van der Waals surface area contributed by atoms with Crippen molar-refractivity contribution in [1.82, 2.24) is 9.21 Å². The van der Waals surface area contributed by atoms with Gasteiger partial charge in [0.2, 0.25) is 10.0 Å². The Labute approximate surface area is 158 Å². The number of carbonyl (C=O) groups is 1. The van der Waals surface area contributed by atoms with Gasteiger partial charge in [-0.15, -0.1) is 11.3 Å². The number of likely N-dealkylation sites (tertiary alicyclic amines) is 1. The Balaban J connectivity index is 1.91. The maximum absolute atomic E-state index is 12.9. The lowest BCUT2D eigenvalue weighted by atomic mass is 10.1. The summed E-state index contributed by atoms with van der Waals surface area (Å²) < 4.78 is 32.4. The van der Waals surface area contributed by atoms with Crippen LogP contribution in [0.1, 0.15) is 28.1 Å². The molecule has 0 atom stereocenters. The van der Waals surface area contributed by atoms with Crippen LogP contribution < -0.4 is 4.74 Å². The third kappa shape index (κ3) is 3.77. The second-order valence-corrected chi connectivity index (χ2v) is 9.28. The Kier molecular flexibility index (Phi) is 5.64. The van der Waals surface area contributed by atoms with Gasteiger partial charge in [0.1, 0.15) is 5.75 Å². The summed E-state index contributed by atoms with van der Waals surface area (Å²) in [5, 5.41) is 1.91. The fraction of sp³-hybridized carbons (Fsp3) is 0.389. The van der Waals surface area contributed by atoms with E-state index in [0.717, 1.165) is 17.7 Å². The van der Waals surface area contributed by atoms with Crippen LogP contribution in [0, 0.1) is 0 Å². The zero-order chi connectivity index (χ0) is 18.7. The highest BCUT2D eigenvalue weighted by atomic mass is 32.2. The van der Waals surface area contributed by atoms with Gasteiger partial charge in [0.05, 0.1) is 17.6 Å². The van der Waals surface area contributed by atoms with E-state index in [4.69, 9.17) is 4.74 Å². The molecule has 2 aromatic rings. The Morgan fingerprint density at radius 2 is 2.00 bits per heavy atom. The van der Waals surface area contributed by atoms with Crippen molar-refractivity contribution in [1.29, 1.82) is 0 Å². The molecule has 1 aromatic heterocycles. The summed E-state index contributed by atoms with van der Waals surface area (Å²) in [7, 11) is -0.684. The molecule has 6 nitrogen and oxygen atoms in total. The fourth-order valence-electron chi connectivity index (χ4n) is 2.99. The molecule has 1 aliphatic rings. The van der Waals surface area contributed by atoms with Gasteiger partial charge in [0.25, 0.3) is 5.91 Å². The molecule has 0 bridgehead atoms. The molecule has 0 spiro atoms. The molecule has 0 saturated carbocycles. The first-order valence-electron chi connectivity index (χ1n) is 8.39. The number of sulfonamides is 1. The van der Waals surface area contributed by atoms with Crippen LogP contribution in [0.4, 0.5) is 0 Å². The lowest BCUT2D eigenvalue weighted by Crippen LogP contribution is -2.29. The van der Waals surface area contributed by atoms with Crippen molar-refractivity contribution in [3.8, 4) is 5.75 Å². The van der Waals surface area contributed by atoms with E-state index in [2.05, 4.69) is 0 Å². The van der Waals surface area contributed by atoms with Gasteiger partial charge in [-0.05, 0) is 42.5 Å². The molecule has 1 amide bonds. The average Bonchev–Trinajstić information content (AvgIpc) is 3.34. The number of hydrogen-bond acceptors (Lipinski definition) is 5. The standard InChI is InChI=1S/C18H22N2O4S2/c1-19(13-14-6-5-11-25-14)26(22,23)15-7-8-17(24-2)16(12-15)18(21)20-9-3-4-10-20/h5-8,11-12H,3-4,9-10,13H2,1-2H3. The second kappa shape index (κ2) is 7.77. The number of methoxy groups -OCH3 is 1. The number of ether oxygens (including phenoxy) is 1. The summed E-state index contributed by atoms with van der Waals surface area (Å²) in [5.74, 6) is 0.207. The molecule has 26 heavy (non-hydrogen) atoms. The third-order valence-corrected chi connectivity index (χ3v) is 7.12. The van der Waals surface area contributed by atoms with E-state index in [1.165, 1.54) is 34.9 Å². The van der Waals surface area contributed by atoms with Crippen molar-refractivity contribution in [3.63, 3.8) is 0 Å². The molecule has 0 N–H and O–H groups in total. The summed E-state index contributed by atoms with van der Waals surface area (Å²) in [6.45, 7) is 1.68. The van der Waals surface area contributed by atoms with Crippen molar-refractivity contribution in [2.45, 2.75) is 24.3 Å². The van der Waals surface area contributed by atoms with E-state index in [1.807, 2.05) is 17.5 Å². The van der Waals surface area contributed by atoms with Crippen molar-refractivity contribution in [2.24, 2.45) is 0 Å². The minimum atomic E-state index is -3.71. The van der Waals surface area contributed by atoms with Crippen molar-refractivity contribution < 1.29 is 17.9 Å². The largest absolute Gasteiger partial charge is 0.496 e. The average molecular weight is 395 g/mol. The highest BCUT2D eigenvalue weighted by Gasteiger charge is 2.27. The van der Waals surface area contributed by atoms with Crippen molar-refractivity contribution in [2.75, 3.05) is 27.2 Å². The molecular weight excluding hydrogens is 372 g/mol. The lowest BCUT2D eigenvalue weighted by Gasteiger charge is -2.20. The molecule has 2 heterocycles. The number of nitrogens with zero attached hydrogens (tertiary/aromatic N) is 2. The van der Waals surface area contributed by atoms with Crippen LogP contribution >= 0.6 is 11.3 Å². The third-order valence-electron chi connectivity index (χ3n) is 4.46. The minimum absolute atomic E-state index is 0.0971. The number of benzene rings is 1. The summed E-state index contributed by atoms with van der Waals surface area (Å²) in [5.41, 5.74) is 0.292.